The summed E-state index contributed by atoms with van der Waals surface area (Å²) in [5.74, 6) is -1.40. The lowest BCUT2D eigenvalue weighted by Crippen LogP contribution is -2.50. The SMILES string of the molecule is CC(=O)N[C@H]1C[C@@H](C(=O)N[C@@H](Cc2ccc(OCCN3CCCCC3)cc2)C(=O)O)N(S(=O)c2cc(Cl)cc(Cl)c2)C1.O. The number of rotatable bonds is 12. The Kier molecular flexibility index (Phi) is 13.2. The molecule has 0 saturated carbocycles. The zero-order chi connectivity index (χ0) is 30.2. The largest absolute Gasteiger partial charge is 0.492 e. The monoisotopic (exact) mass is 656 g/mol. The molecule has 11 nitrogen and oxygen atoms in total. The van der Waals surface area contributed by atoms with Crippen molar-refractivity contribution >= 4 is 52.0 Å². The van der Waals surface area contributed by atoms with Crippen molar-refractivity contribution in [1.29, 1.82) is 0 Å². The molecule has 2 heterocycles. The molecule has 4 atom stereocenters. The van der Waals surface area contributed by atoms with E-state index in [0.29, 0.717) is 22.8 Å². The van der Waals surface area contributed by atoms with Crippen LogP contribution in [0.3, 0.4) is 0 Å². The third kappa shape index (κ3) is 10.2. The molecule has 2 saturated heterocycles. The summed E-state index contributed by atoms with van der Waals surface area (Å²) in [5, 5.41) is 15.8. The normalized spacial score (nSPS) is 20.4. The van der Waals surface area contributed by atoms with E-state index in [1.807, 2.05) is 0 Å². The number of likely N-dealkylation sites (tertiary alicyclic amines) is 1. The standard InChI is InChI=1S/C29H36Cl2N4O6S.H2O/c1-19(36)32-23-17-27(35(18-23)42(40)25-15-21(30)14-22(31)16-25)28(37)33-26(29(38)39)13-20-5-7-24(8-6-20)41-12-11-34-9-3-2-4-10-34;/h5-8,14-16,23,26-27H,2-4,9-13,17-18H2,1H3,(H,32,36)(H,33,37)(H,38,39);1H2/t23-,26-,27-,42?;/m0./s1. The quantitative estimate of drug-likeness (QED) is 0.316. The van der Waals surface area contributed by atoms with Crippen molar-refractivity contribution in [1.82, 2.24) is 19.8 Å². The third-order valence-corrected chi connectivity index (χ3v) is 9.22. The summed E-state index contributed by atoms with van der Waals surface area (Å²) in [6.07, 6.45) is 3.93. The number of benzene rings is 2. The Morgan fingerprint density at radius 2 is 1.72 bits per heavy atom. The maximum absolute atomic E-state index is 13.5. The van der Waals surface area contributed by atoms with E-state index in [0.717, 1.165) is 19.6 Å². The van der Waals surface area contributed by atoms with Crippen molar-refractivity contribution in [3.63, 3.8) is 0 Å². The van der Waals surface area contributed by atoms with Crippen LogP contribution in [-0.4, -0.2) is 92.7 Å². The lowest BCUT2D eigenvalue weighted by atomic mass is 10.0. The molecule has 14 heteroatoms. The average Bonchev–Trinajstić information content (AvgIpc) is 3.36. The highest BCUT2D eigenvalue weighted by Crippen LogP contribution is 2.28. The Labute approximate surface area is 263 Å². The maximum atomic E-state index is 13.5. The molecule has 4 rings (SSSR count). The van der Waals surface area contributed by atoms with E-state index < -0.39 is 41.0 Å². The van der Waals surface area contributed by atoms with Crippen molar-refractivity contribution in [3.05, 3.63) is 58.1 Å². The highest BCUT2D eigenvalue weighted by Gasteiger charge is 2.42. The molecule has 2 amide bonds. The van der Waals surface area contributed by atoms with E-state index in [4.69, 9.17) is 27.9 Å². The summed E-state index contributed by atoms with van der Waals surface area (Å²) in [5.41, 5.74) is 0.711. The summed E-state index contributed by atoms with van der Waals surface area (Å²) in [7, 11) is -1.85. The van der Waals surface area contributed by atoms with Gasteiger partial charge in [-0.2, -0.15) is 0 Å². The first-order valence-electron chi connectivity index (χ1n) is 14.0. The number of carbonyl (C=O) groups is 3. The van der Waals surface area contributed by atoms with Gasteiger partial charge in [-0.3, -0.25) is 14.5 Å². The molecule has 236 valence electrons. The highest BCUT2D eigenvalue weighted by molar-refractivity contribution is 7.82. The fourth-order valence-electron chi connectivity index (χ4n) is 5.28. The smallest absolute Gasteiger partial charge is 0.326 e. The first kappa shape index (κ1) is 34.7. The van der Waals surface area contributed by atoms with E-state index in [2.05, 4.69) is 15.5 Å². The van der Waals surface area contributed by atoms with Gasteiger partial charge in [-0.25, -0.2) is 13.3 Å². The van der Waals surface area contributed by atoms with Gasteiger partial charge in [0.1, 0.15) is 35.4 Å². The number of amides is 2. The van der Waals surface area contributed by atoms with Crippen molar-refractivity contribution in [2.45, 2.75) is 62.0 Å². The maximum Gasteiger partial charge on any atom is 0.326 e. The van der Waals surface area contributed by atoms with Crippen LogP contribution in [0.15, 0.2) is 47.4 Å². The Bertz CT molecular complexity index is 1270. The van der Waals surface area contributed by atoms with Crippen LogP contribution in [0.1, 0.15) is 38.2 Å². The summed E-state index contributed by atoms with van der Waals surface area (Å²) in [4.78, 5) is 39.9. The topological polar surface area (TPSA) is 160 Å². The van der Waals surface area contributed by atoms with Gasteiger partial charge in [0.2, 0.25) is 11.8 Å². The summed E-state index contributed by atoms with van der Waals surface area (Å²) in [6.45, 7) is 5.12. The molecule has 0 aromatic heterocycles. The van der Waals surface area contributed by atoms with Gasteiger partial charge in [0.25, 0.3) is 0 Å². The third-order valence-electron chi connectivity index (χ3n) is 7.32. The number of halogens is 2. The molecule has 0 spiro atoms. The molecular weight excluding hydrogens is 619 g/mol. The van der Waals surface area contributed by atoms with E-state index in [1.54, 1.807) is 24.3 Å². The molecular formula is C29H38Cl2N4O7S. The number of aliphatic carboxylic acids is 1. The summed E-state index contributed by atoms with van der Waals surface area (Å²) >= 11 is 12.2. The predicted octanol–water partition coefficient (Wildman–Crippen LogP) is 2.45. The molecule has 5 N–H and O–H groups in total. The first-order chi connectivity index (χ1) is 20.1. The van der Waals surface area contributed by atoms with Gasteiger partial charge < -0.3 is 26.0 Å². The van der Waals surface area contributed by atoms with Crippen LogP contribution in [-0.2, 0) is 31.8 Å². The lowest BCUT2D eigenvalue weighted by molar-refractivity contribution is -0.142. The van der Waals surface area contributed by atoms with Gasteiger partial charge in [-0.15, -0.1) is 0 Å². The number of carboxylic acid groups (broad SMARTS) is 1. The van der Waals surface area contributed by atoms with Gasteiger partial charge in [0.15, 0.2) is 0 Å². The van der Waals surface area contributed by atoms with Gasteiger partial charge >= 0.3 is 5.97 Å². The van der Waals surface area contributed by atoms with E-state index in [1.165, 1.54) is 48.7 Å². The number of piperidine rings is 1. The summed E-state index contributed by atoms with van der Waals surface area (Å²) < 4.78 is 20.8. The number of nitrogens with one attached hydrogen (secondary N) is 2. The van der Waals surface area contributed by atoms with Crippen LogP contribution >= 0.6 is 23.2 Å². The van der Waals surface area contributed by atoms with E-state index in [-0.39, 0.29) is 40.8 Å². The van der Waals surface area contributed by atoms with Gasteiger partial charge in [-0.05, 0) is 68.2 Å². The molecule has 2 aromatic carbocycles. The zero-order valence-corrected chi connectivity index (χ0v) is 26.2. The minimum absolute atomic E-state index is 0. The van der Waals surface area contributed by atoms with Gasteiger partial charge in [0.05, 0.1) is 4.90 Å². The van der Waals surface area contributed by atoms with Crippen LogP contribution in [0.5, 0.6) is 5.75 Å². The van der Waals surface area contributed by atoms with Crippen molar-refractivity contribution in [2.24, 2.45) is 0 Å². The van der Waals surface area contributed by atoms with E-state index >= 15 is 0 Å². The number of nitrogens with zero attached hydrogens (tertiary/aromatic N) is 2. The Balaban J connectivity index is 0.00000506. The highest BCUT2D eigenvalue weighted by atomic mass is 35.5. The van der Waals surface area contributed by atoms with Gasteiger partial charge in [-0.1, -0.05) is 41.8 Å². The van der Waals surface area contributed by atoms with Crippen LogP contribution in [0.2, 0.25) is 10.0 Å². The fourth-order valence-corrected chi connectivity index (χ4v) is 7.40. The number of carboxylic acids is 1. The Morgan fingerprint density at radius 1 is 1.07 bits per heavy atom. The van der Waals surface area contributed by atoms with E-state index in [9.17, 15) is 23.7 Å². The van der Waals surface area contributed by atoms with Crippen molar-refractivity contribution in [2.75, 3.05) is 32.8 Å². The molecule has 2 aliphatic rings. The van der Waals surface area contributed by atoms with Crippen molar-refractivity contribution in [3.8, 4) is 5.75 Å². The average molecular weight is 658 g/mol. The molecule has 0 aliphatic carbocycles. The second kappa shape index (κ2) is 16.4. The number of hydrogen-bond acceptors (Lipinski definition) is 6. The minimum Gasteiger partial charge on any atom is -0.492 e. The van der Waals surface area contributed by atoms with Crippen LogP contribution < -0.4 is 15.4 Å². The van der Waals surface area contributed by atoms with Gasteiger partial charge in [0, 0.05) is 42.5 Å². The molecule has 2 aromatic rings. The van der Waals surface area contributed by atoms with Crippen LogP contribution in [0, 0.1) is 0 Å². The molecule has 2 aliphatic heterocycles. The number of hydrogen-bond donors (Lipinski definition) is 3. The molecule has 1 unspecified atom stereocenters. The minimum atomic E-state index is -1.85. The molecule has 0 bridgehead atoms. The number of carbonyl (C=O) groups excluding carboxylic acids is 2. The molecule has 2 fully saturated rings. The lowest BCUT2D eigenvalue weighted by Gasteiger charge is -2.26. The zero-order valence-electron chi connectivity index (χ0n) is 23.9. The van der Waals surface area contributed by atoms with Crippen LogP contribution in [0.25, 0.3) is 0 Å². The Morgan fingerprint density at radius 3 is 2.33 bits per heavy atom. The Hall–Kier alpha value is -2.74. The first-order valence-corrected chi connectivity index (χ1v) is 15.8. The second-order valence-electron chi connectivity index (χ2n) is 10.6. The van der Waals surface area contributed by atoms with Crippen molar-refractivity contribution < 1.29 is 33.9 Å². The summed E-state index contributed by atoms with van der Waals surface area (Å²) in [6, 6.07) is 9.00. The van der Waals surface area contributed by atoms with Crippen LogP contribution in [0.4, 0.5) is 0 Å². The second-order valence-corrected chi connectivity index (χ2v) is 12.9. The molecule has 0 radical (unpaired) electrons. The molecule has 43 heavy (non-hydrogen) atoms. The number of ether oxygens (including phenoxy) is 1. The fraction of sp³-hybridized carbons (Fsp3) is 0.483. The predicted molar refractivity (Wildman–Crippen MR) is 165 cm³/mol.